The molecular weight excluding hydrogens is 286 g/mol. The molecule has 3 nitrogen and oxygen atoms in total. The van der Waals surface area contributed by atoms with Gasteiger partial charge in [0.1, 0.15) is 5.72 Å². The first kappa shape index (κ1) is 17.2. The normalized spacial score (nSPS) is 13.6. The maximum atomic E-state index is 12.5. The van der Waals surface area contributed by atoms with Crippen LogP contribution in [-0.4, -0.2) is 11.6 Å². The number of ether oxygens (including phenoxy) is 1. The highest BCUT2D eigenvalue weighted by molar-refractivity contribution is 5.94. The summed E-state index contributed by atoms with van der Waals surface area (Å²) in [5, 5.41) is 3.05. The summed E-state index contributed by atoms with van der Waals surface area (Å²) in [6, 6.07) is 19.2. The monoisotopic (exact) mass is 311 g/mol. The van der Waals surface area contributed by atoms with Crippen molar-refractivity contribution in [2.45, 2.75) is 39.5 Å². The van der Waals surface area contributed by atoms with Gasteiger partial charge in [0.15, 0.2) is 0 Å². The van der Waals surface area contributed by atoms with Crippen LogP contribution in [0.1, 0.15) is 43.1 Å². The van der Waals surface area contributed by atoms with E-state index in [0.29, 0.717) is 18.1 Å². The summed E-state index contributed by atoms with van der Waals surface area (Å²) in [7, 11) is 0. The van der Waals surface area contributed by atoms with Crippen molar-refractivity contribution in [2.24, 2.45) is 5.92 Å². The number of hydrogen-bond donors (Lipinski definition) is 1. The molecular formula is C20H25NO2. The summed E-state index contributed by atoms with van der Waals surface area (Å²) in [6.07, 6.45) is 0.748. The molecule has 0 aliphatic heterocycles. The Morgan fingerprint density at radius 1 is 1.04 bits per heavy atom. The van der Waals surface area contributed by atoms with Crippen molar-refractivity contribution < 1.29 is 9.53 Å². The molecule has 0 aliphatic rings. The van der Waals surface area contributed by atoms with Crippen LogP contribution >= 0.6 is 0 Å². The molecule has 3 heteroatoms. The first-order chi connectivity index (χ1) is 11.0. The van der Waals surface area contributed by atoms with Crippen molar-refractivity contribution in [1.82, 2.24) is 5.32 Å². The molecule has 122 valence electrons. The second-order valence-electron chi connectivity index (χ2n) is 6.42. The third-order valence-corrected chi connectivity index (χ3v) is 3.61. The molecule has 0 radical (unpaired) electrons. The largest absolute Gasteiger partial charge is 0.351 e. The van der Waals surface area contributed by atoms with Crippen molar-refractivity contribution in [2.75, 3.05) is 0 Å². The minimum atomic E-state index is -0.697. The third-order valence-electron chi connectivity index (χ3n) is 3.61. The van der Waals surface area contributed by atoms with Crippen LogP contribution < -0.4 is 5.32 Å². The topological polar surface area (TPSA) is 38.3 Å². The van der Waals surface area contributed by atoms with E-state index in [1.54, 1.807) is 0 Å². The Morgan fingerprint density at radius 3 is 2.17 bits per heavy atom. The Hall–Kier alpha value is -2.13. The van der Waals surface area contributed by atoms with Gasteiger partial charge < -0.3 is 10.1 Å². The van der Waals surface area contributed by atoms with Crippen LogP contribution in [0.2, 0.25) is 0 Å². The Morgan fingerprint density at radius 2 is 1.61 bits per heavy atom. The number of rotatable bonds is 7. The van der Waals surface area contributed by atoms with Crippen molar-refractivity contribution in [3.63, 3.8) is 0 Å². The van der Waals surface area contributed by atoms with E-state index in [4.69, 9.17) is 4.74 Å². The molecule has 0 aromatic heterocycles. The van der Waals surface area contributed by atoms with Gasteiger partial charge in [-0.15, -0.1) is 0 Å². The Kier molecular flexibility index (Phi) is 5.94. The number of amides is 1. The van der Waals surface area contributed by atoms with Gasteiger partial charge in [-0.05, 0) is 37.0 Å². The van der Waals surface area contributed by atoms with Gasteiger partial charge in [-0.1, -0.05) is 62.4 Å². The van der Waals surface area contributed by atoms with Gasteiger partial charge in [-0.2, -0.15) is 0 Å². The first-order valence-electron chi connectivity index (χ1n) is 8.04. The molecule has 0 fully saturated rings. The van der Waals surface area contributed by atoms with Crippen LogP contribution in [-0.2, 0) is 11.3 Å². The lowest BCUT2D eigenvalue weighted by atomic mass is 10.0. The quantitative estimate of drug-likeness (QED) is 0.770. The summed E-state index contributed by atoms with van der Waals surface area (Å²) in [5.41, 5.74) is 1.04. The van der Waals surface area contributed by atoms with E-state index in [-0.39, 0.29) is 5.91 Å². The molecule has 1 amide bonds. The molecule has 0 saturated heterocycles. The van der Waals surface area contributed by atoms with Crippen molar-refractivity contribution >= 4 is 5.91 Å². The van der Waals surface area contributed by atoms with Crippen LogP contribution in [0.25, 0.3) is 0 Å². The molecule has 1 atom stereocenters. The predicted molar refractivity (Wildman–Crippen MR) is 93.0 cm³/mol. The van der Waals surface area contributed by atoms with E-state index >= 15 is 0 Å². The van der Waals surface area contributed by atoms with Crippen molar-refractivity contribution in [3.8, 4) is 0 Å². The van der Waals surface area contributed by atoms with Crippen LogP contribution in [0.4, 0.5) is 0 Å². The van der Waals surface area contributed by atoms with Gasteiger partial charge in [0.25, 0.3) is 5.91 Å². The summed E-state index contributed by atoms with van der Waals surface area (Å²) >= 11 is 0. The second-order valence-corrected chi connectivity index (χ2v) is 6.42. The van der Waals surface area contributed by atoms with Crippen molar-refractivity contribution in [3.05, 3.63) is 71.8 Å². The smallest absolute Gasteiger partial charge is 0.253 e. The molecule has 0 bridgehead atoms. The number of carbonyl (C=O) groups excluding carboxylic acids is 1. The standard InChI is InChI=1S/C20H25NO2/c1-16(2)14-20(3,23-15-17-10-6-4-7-11-17)21-19(22)18-12-8-5-9-13-18/h4-13,16H,14-15H2,1-3H3,(H,21,22). The van der Waals surface area contributed by atoms with Gasteiger partial charge in [0.2, 0.25) is 0 Å². The first-order valence-corrected chi connectivity index (χ1v) is 8.04. The van der Waals surface area contributed by atoms with E-state index in [2.05, 4.69) is 19.2 Å². The molecule has 0 heterocycles. The minimum Gasteiger partial charge on any atom is -0.351 e. The van der Waals surface area contributed by atoms with Gasteiger partial charge in [-0.25, -0.2) is 0 Å². The van der Waals surface area contributed by atoms with Crippen LogP contribution in [0.5, 0.6) is 0 Å². The maximum Gasteiger partial charge on any atom is 0.253 e. The number of carbonyl (C=O) groups is 1. The molecule has 1 N–H and O–H groups in total. The molecule has 1 unspecified atom stereocenters. The fourth-order valence-corrected chi connectivity index (χ4v) is 2.64. The Labute approximate surface area is 138 Å². The summed E-state index contributed by atoms with van der Waals surface area (Å²) in [6.45, 7) is 6.66. The van der Waals surface area contributed by atoms with E-state index in [0.717, 1.165) is 12.0 Å². The minimum absolute atomic E-state index is 0.109. The fourth-order valence-electron chi connectivity index (χ4n) is 2.64. The summed E-state index contributed by atoms with van der Waals surface area (Å²) < 4.78 is 6.09. The molecule has 0 saturated carbocycles. The maximum absolute atomic E-state index is 12.5. The SMILES string of the molecule is CC(C)CC(C)(NC(=O)c1ccccc1)OCc1ccccc1. The van der Waals surface area contributed by atoms with Gasteiger partial charge >= 0.3 is 0 Å². The average Bonchev–Trinajstić information content (AvgIpc) is 2.54. The number of hydrogen-bond acceptors (Lipinski definition) is 2. The van der Waals surface area contributed by atoms with Crippen LogP contribution in [0.15, 0.2) is 60.7 Å². The summed E-state index contributed by atoms with van der Waals surface area (Å²) in [4.78, 5) is 12.5. The van der Waals surface area contributed by atoms with Crippen molar-refractivity contribution in [1.29, 1.82) is 0 Å². The predicted octanol–water partition coefficient (Wildman–Crippen LogP) is 4.40. The highest BCUT2D eigenvalue weighted by Gasteiger charge is 2.28. The Bertz CT molecular complexity index is 610. The zero-order chi connectivity index (χ0) is 16.7. The number of nitrogens with one attached hydrogen (secondary N) is 1. The molecule has 2 aromatic rings. The highest BCUT2D eigenvalue weighted by Crippen LogP contribution is 2.21. The zero-order valence-electron chi connectivity index (χ0n) is 14.1. The van der Waals surface area contributed by atoms with Crippen LogP contribution in [0.3, 0.4) is 0 Å². The molecule has 2 rings (SSSR count). The van der Waals surface area contributed by atoms with Crippen LogP contribution in [0, 0.1) is 5.92 Å². The third kappa shape index (κ3) is 5.53. The average molecular weight is 311 g/mol. The lowest BCUT2D eigenvalue weighted by Gasteiger charge is -2.32. The van der Waals surface area contributed by atoms with E-state index in [9.17, 15) is 4.79 Å². The molecule has 0 aliphatic carbocycles. The van der Waals surface area contributed by atoms with E-state index in [1.165, 1.54) is 0 Å². The van der Waals surface area contributed by atoms with E-state index < -0.39 is 5.72 Å². The Balaban J connectivity index is 2.07. The molecule has 2 aromatic carbocycles. The highest BCUT2D eigenvalue weighted by atomic mass is 16.5. The molecule has 23 heavy (non-hydrogen) atoms. The van der Waals surface area contributed by atoms with Gasteiger partial charge in [0.05, 0.1) is 6.61 Å². The zero-order valence-corrected chi connectivity index (χ0v) is 14.1. The lowest BCUT2D eigenvalue weighted by molar-refractivity contribution is -0.0736. The number of benzene rings is 2. The van der Waals surface area contributed by atoms with Gasteiger partial charge in [0, 0.05) is 5.56 Å². The second kappa shape index (κ2) is 7.93. The summed E-state index contributed by atoms with van der Waals surface area (Å²) in [5.74, 6) is 0.300. The fraction of sp³-hybridized carbons (Fsp3) is 0.350. The van der Waals surface area contributed by atoms with E-state index in [1.807, 2.05) is 67.6 Å². The van der Waals surface area contributed by atoms with Gasteiger partial charge in [-0.3, -0.25) is 4.79 Å². The molecule has 0 spiro atoms. The lowest BCUT2D eigenvalue weighted by Crippen LogP contribution is -2.49.